The van der Waals surface area contributed by atoms with E-state index in [9.17, 15) is 20.2 Å². The molecule has 0 radical (unpaired) electrons. The molecule has 0 bridgehead atoms. The van der Waals surface area contributed by atoms with E-state index < -0.39 is 0 Å². The van der Waals surface area contributed by atoms with Crippen LogP contribution in [-0.2, 0) is 0 Å². The number of nitro benzene ring substituents is 2. The molecular weight excluding hydrogens is 534 g/mol. The van der Waals surface area contributed by atoms with Crippen molar-refractivity contribution in [1.82, 2.24) is 0 Å². The minimum atomic E-state index is -0.367. The van der Waals surface area contributed by atoms with Crippen molar-refractivity contribution >= 4 is 71.8 Å². The molecule has 5 rings (SSSR count). The summed E-state index contributed by atoms with van der Waals surface area (Å²) in [5, 5.41) is 28.7. The number of non-ortho nitro benzene ring substituents is 2. The van der Waals surface area contributed by atoms with Crippen LogP contribution in [-0.4, -0.2) is 9.85 Å². The molecule has 0 aliphatic heterocycles. The molecule has 9 heteroatoms. The Bertz CT molecular complexity index is 1560. The van der Waals surface area contributed by atoms with Gasteiger partial charge in [0.1, 0.15) is 0 Å². The first kappa shape index (κ1) is 24.1. The SMILES string of the molecule is O=[N+]([O-])c1cccc2c(Br)cccc12.O=[N+]([O-])c1cccc2c(Nc3ccc(Cl)cc3)cccc12. The predicted molar refractivity (Wildman–Crippen MR) is 144 cm³/mol. The highest BCUT2D eigenvalue weighted by Crippen LogP contribution is 2.32. The Morgan fingerprint density at radius 1 is 0.629 bits per heavy atom. The van der Waals surface area contributed by atoms with Gasteiger partial charge < -0.3 is 5.32 Å². The molecule has 0 atom stereocenters. The second-order valence-corrected chi connectivity index (χ2v) is 8.73. The third-order valence-corrected chi connectivity index (χ3v) is 6.21. The Kier molecular flexibility index (Phi) is 7.24. The fourth-order valence-corrected chi connectivity index (χ4v) is 4.29. The smallest absolute Gasteiger partial charge is 0.277 e. The summed E-state index contributed by atoms with van der Waals surface area (Å²) >= 11 is 9.22. The topological polar surface area (TPSA) is 98.3 Å². The van der Waals surface area contributed by atoms with Gasteiger partial charge in [0.25, 0.3) is 11.4 Å². The molecule has 5 aromatic carbocycles. The molecule has 1 N–H and O–H groups in total. The Balaban J connectivity index is 0.000000179. The fraction of sp³-hybridized carbons (Fsp3) is 0. The third kappa shape index (κ3) is 5.40. The molecule has 5 aromatic rings. The average molecular weight is 551 g/mol. The quantitative estimate of drug-likeness (QED) is 0.178. The number of anilines is 2. The van der Waals surface area contributed by atoms with Gasteiger partial charge in [-0.15, -0.1) is 0 Å². The first-order valence-electron chi connectivity index (χ1n) is 10.4. The van der Waals surface area contributed by atoms with Crippen molar-refractivity contribution in [2.75, 3.05) is 5.32 Å². The lowest BCUT2D eigenvalue weighted by Crippen LogP contribution is -1.93. The molecule has 7 nitrogen and oxygen atoms in total. The summed E-state index contributed by atoms with van der Waals surface area (Å²) in [6.07, 6.45) is 0. The van der Waals surface area contributed by atoms with Crippen LogP contribution in [0.25, 0.3) is 21.5 Å². The monoisotopic (exact) mass is 549 g/mol. The van der Waals surface area contributed by atoms with Crippen LogP contribution < -0.4 is 5.32 Å². The molecule has 35 heavy (non-hydrogen) atoms. The standard InChI is InChI=1S/C16H11ClN2O2.C10H6BrNO2/c17-11-7-9-12(10-8-11)18-15-5-1-4-14-13(15)3-2-6-16(14)19(20)21;11-9-5-1-4-8-7(9)3-2-6-10(8)12(13)14/h1-10,18H;1-6H. The van der Waals surface area contributed by atoms with Crippen molar-refractivity contribution in [1.29, 1.82) is 0 Å². The van der Waals surface area contributed by atoms with Gasteiger partial charge in [-0.25, -0.2) is 0 Å². The van der Waals surface area contributed by atoms with E-state index in [1.54, 1.807) is 48.5 Å². The molecule has 0 amide bonds. The molecule has 0 aliphatic rings. The molecule has 0 saturated carbocycles. The van der Waals surface area contributed by atoms with Crippen LogP contribution in [0.5, 0.6) is 0 Å². The van der Waals surface area contributed by atoms with Crippen LogP contribution in [0, 0.1) is 20.2 Å². The van der Waals surface area contributed by atoms with Crippen LogP contribution in [0.3, 0.4) is 0 Å². The number of hydrogen-bond donors (Lipinski definition) is 1. The predicted octanol–water partition coefficient (Wildman–Crippen LogP) is 8.66. The van der Waals surface area contributed by atoms with Gasteiger partial charge in [0, 0.05) is 43.8 Å². The summed E-state index contributed by atoms with van der Waals surface area (Å²) in [4.78, 5) is 21.1. The minimum Gasteiger partial charge on any atom is -0.355 e. The summed E-state index contributed by atoms with van der Waals surface area (Å²) < 4.78 is 0.874. The van der Waals surface area contributed by atoms with E-state index in [2.05, 4.69) is 21.2 Å². The molecule has 0 fully saturated rings. The first-order chi connectivity index (χ1) is 16.8. The van der Waals surface area contributed by atoms with Crippen molar-refractivity contribution in [2.45, 2.75) is 0 Å². The van der Waals surface area contributed by atoms with Crippen LogP contribution in [0.15, 0.2) is 102 Å². The Hall–Kier alpha value is -4.01. The maximum atomic E-state index is 11.1. The first-order valence-corrected chi connectivity index (χ1v) is 11.5. The number of rotatable bonds is 4. The lowest BCUT2D eigenvalue weighted by molar-refractivity contribution is -0.383. The number of hydrogen-bond acceptors (Lipinski definition) is 5. The highest BCUT2D eigenvalue weighted by Gasteiger charge is 2.13. The van der Waals surface area contributed by atoms with Crippen LogP contribution in [0.2, 0.25) is 5.02 Å². The van der Waals surface area contributed by atoms with Crippen LogP contribution in [0.1, 0.15) is 0 Å². The summed E-state index contributed by atoms with van der Waals surface area (Å²) in [7, 11) is 0. The molecule has 0 saturated heterocycles. The zero-order chi connectivity index (χ0) is 24.9. The molecule has 0 heterocycles. The molecule has 0 spiro atoms. The van der Waals surface area contributed by atoms with Crippen molar-refractivity contribution in [3.8, 4) is 0 Å². The molecule has 0 aromatic heterocycles. The van der Waals surface area contributed by atoms with Crippen molar-refractivity contribution in [3.63, 3.8) is 0 Å². The Morgan fingerprint density at radius 3 is 1.71 bits per heavy atom. The van der Waals surface area contributed by atoms with E-state index in [0.717, 1.165) is 26.6 Å². The van der Waals surface area contributed by atoms with E-state index in [-0.39, 0.29) is 21.2 Å². The van der Waals surface area contributed by atoms with Crippen LogP contribution >= 0.6 is 27.5 Å². The number of nitro groups is 2. The van der Waals surface area contributed by atoms with Crippen LogP contribution in [0.4, 0.5) is 22.7 Å². The number of benzene rings is 5. The van der Waals surface area contributed by atoms with Crippen molar-refractivity contribution in [2.24, 2.45) is 0 Å². The highest BCUT2D eigenvalue weighted by atomic mass is 79.9. The van der Waals surface area contributed by atoms with E-state index >= 15 is 0 Å². The number of halogens is 2. The lowest BCUT2D eigenvalue weighted by Gasteiger charge is -2.10. The summed E-state index contributed by atoms with van der Waals surface area (Å²) in [6.45, 7) is 0. The Labute approximate surface area is 213 Å². The van der Waals surface area contributed by atoms with Gasteiger partial charge in [-0.05, 0) is 48.5 Å². The molecule has 0 aliphatic carbocycles. The number of nitrogens with zero attached hydrogens (tertiary/aromatic N) is 2. The zero-order valence-corrected chi connectivity index (χ0v) is 20.4. The molecule has 174 valence electrons. The second kappa shape index (κ2) is 10.5. The summed E-state index contributed by atoms with van der Waals surface area (Å²) in [6, 6.07) is 28.2. The number of fused-ring (bicyclic) bond motifs is 2. The van der Waals surface area contributed by atoms with Gasteiger partial charge in [-0.1, -0.05) is 63.9 Å². The van der Waals surface area contributed by atoms with Gasteiger partial charge in [-0.2, -0.15) is 0 Å². The van der Waals surface area contributed by atoms with E-state index in [1.807, 2.05) is 36.4 Å². The zero-order valence-electron chi connectivity index (χ0n) is 18.0. The average Bonchev–Trinajstić information content (AvgIpc) is 2.85. The lowest BCUT2D eigenvalue weighted by atomic mass is 10.1. The van der Waals surface area contributed by atoms with E-state index in [4.69, 9.17) is 11.6 Å². The van der Waals surface area contributed by atoms with Gasteiger partial charge in [-0.3, -0.25) is 20.2 Å². The van der Waals surface area contributed by atoms with E-state index in [0.29, 0.717) is 15.8 Å². The maximum absolute atomic E-state index is 11.1. The van der Waals surface area contributed by atoms with Gasteiger partial charge >= 0.3 is 0 Å². The third-order valence-electron chi connectivity index (χ3n) is 5.26. The fourth-order valence-electron chi connectivity index (χ4n) is 3.66. The normalized spacial score (nSPS) is 10.5. The molecule has 0 unspecified atom stereocenters. The van der Waals surface area contributed by atoms with Crippen molar-refractivity contribution in [3.05, 3.63) is 127 Å². The minimum absolute atomic E-state index is 0.104. The number of nitrogens with one attached hydrogen (secondary N) is 1. The van der Waals surface area contributed by atoms with E-state index in [1.165, 1.54) is 12.1 Å². The highest BCUT2D eigenvalue weighted by molar-refractivity contribution is 9.10. The second-order valence-electron chi connectivity index (χ2n) is 7.44. The maximum Gasteiger partial charge on any atom is 0.277 e. The Morgan fingerprint density at radius 2 is 1.11 bits per heavy atom. The van der Waals surface area contributed by atoms with Crippen molar-refractivity contribution < 1.29 is 9.85 Å². The summed E-state index contributed by atoms with van der Waals surface area (Å²) in [5.74, 6) is 0. The van der Waals surface area contributed by atoms with Gasteiger partial charge in [0.05, 0.1) is 20.6 Å². The van der Waals surface area contributed by atoms with Gasteiger partial charge in [0.2, 0.25) is 0 Å². The largest absolute Gasteiger partial charge is 0.355 e. The summed E-state index contributed by atoms with van der Waals surface area (Å²) in [5.41, 5.74) is 1.94. The molecular formula is C26H17BrClN3O4. The van der Waals surface area contributed by atoms with Gasteiger partial charge in [0.15, 0.2) is 0 Å².